The van der Waals surface area contributed by atoms with Crippen molar-refractivity contribution in [2.24, 2.45) is 11.3 Å². The van der Waals surface area contributed by atoms with Crippen LogP contribution in [0.3, 0.4) is 0 Å². The quantitative estimate of drug-likeness (QED) is 0.822. The van der Waals surface area contributed by atoms with Crippen LogP contribution in [0.15, 0.2) is 24.3 Å². The normalized spacial score (nSPS) is 13.9. The van der Waals surface area contributed by atoms with Crippen LogP contribution in [0.25, 0.3) is 0 Å². The van der Waals surface area contributed by atoms with Crippen molar-refractivity contribution in [2.75, 3.05) is 6.54 Å². The highest BCUT2D eigenvalue weighted by Gasteiger charge is 2.24. The van der Waals surface area contributed by atoms with Crippen molar-refractivity contribution in [1.29, 1.82) is 0 Å². The van der Waals surface area contributed by atoms with Crippen LogP contribution in [-0.4, -0.2) is 12.6 Å². The fraction of sp³-hybridized carbons (Fsp3) is 0.647. The minimum absolute atomic E-state index is 0.339. The molecule has 0 aliphatic carbocycles. The molecule has 0 heterocycles. The molecule has 18 heavy (non-hydrogen) atoms. The summed E-state index contributed by atoms with van der Waals surface area (Å²) in [6.45, 7) is 14.7. The first-order chi connectivity index (χ1) is 8.29. The summed E-state index contributed by atoms with van der Waals surface area (Å²) in [4.78, 5) is 0. The topological polar surface area (TPSA) is 12.0 Å². The SMILES string of the molecule is Cc1cccc(CC(CNC(C)C)C(C)(C)C)c1. The molecule has 0 aliphatic rings. The van der Waals surface area contributed by atoms with Crippen molar-refractivity contribution >= 4 is 0 Å². The molecule has 0 spiro atoms. The standard InChI is InChI=1S/C17H29N/c1-13(2)18-12-16(17(4,5)6)11-15-9-7-8-14(3)10-15/h7-10,13,16,18H,11-12H2,1-6H3. The molecule has 102 valence electrons. The molecule has 1 rings (SSSR count). The van der Waals surface area contributed by atoms with Crippen molar-refractivity contribution in [3.05, 3.63) is 35.4 Å². The third kappa shape index (κ3) is 5.22. The number of benzene rings is 1. The number of nitrogens with one attached hydrogen (secondary N) is 1. The molecule has 1 unspecified atom stereocenters. The zero-order valence-corrected chi connectivity index (χ0v) is 12.9. The maximum Gasteiger partial charge on any atom is 0.00104 e. The number of hydrogen-bond acceptors (Lipinski definition) is 1. The van der Waals surface area contributed by atoms with Gasteiger partial charge in [0, 0.05) is 6.04 Å². The maximum atomic E-state index is 3.59. The molecular weight excluding hydrogens is 218 g/mol. The Balaban J connectivity index is 2.72. The molecule has 1 N–H and O–H groups in total. The highest BCUT2D eigenvalue weighted by Crippen LogP contribution is 2.28. The summed E-state index contributed by atoms with van der Waals surface area (Å²) in [5, 5.41) is 3.59. The summed E-state index contributed by atoms with van der Waals surface area (Å²) in [7, 11) is 0. The molecule has 0 amide bonds. The molecule has 1 heteroatoms. The van der Waals surface area contributed by atoms with Gasteiger partial charge in [-0.25, -0.2) is 0 Å². The minimum atomic E-state index is 0.339. The largest absolute Gasteiger partial charge is 0.314 e. The van der Waals surface area contributed by atoms with Crippen LogP contribution in [0.4, 0.5) is 0 Å². The Kier molecular flexibility index (Phi) is 5.40. The molecule has 0 fully saturated rings. The highest BCUT2D eigenvalue weighted by molar-refractivity contribution is 5.22. The predicted octanol–water partition coefficient (Wildman–Crippen LogP) is 4.20. The van der Waals surface area contributed by atoms with E-state index in [-0.39, 0.29) is 0 Å². The van der Waals surface area contributed by atoms with Gasteiger partial charge in [0.1, 0.15) is 0 Å². The average molecular weight is 247 g/mol. The Bertz CT molecular complexity index is 360. The average Bonchev–Trinajstić information content (AvgIpc) is 2.22. The lowest BCUT2D eigenvalue weighted by molar-refractivity contribution is 0.226. The molecular formula is C17H29N. The Hall–Kier alpha value is -0.820. The Labute approximate surface area is 113 Å². The van der Waals surface area contributed by atoms with E-state index in [9.17, 15) is 0 Å². The number of hydrogen-bond donors (Lipinski definition) is 1. The second-order valence-corrected chi connectivity index (χ2v) is 6.82. The van der Waals surface area contributed by atoms with Crippen LogP contribution in [0.5, 0.6) is 0 Å². The van der Waals surface area contributed by atoms with E-state index in [0.717, 1.165) is 13.0 Å². The van der Waals surface area contributed by atoms with E-state index < -0.39 is 0 Å². The smallest absolute Gasteiger partial charge is 0.00104 e. The maximum absolute atomic E-state index is 3.59. The first-order valence-corrected chi connectivity index (χ1v) is 7.08. The van der Waals surface area contributed by atoms with Crippen LogP contribution < -0.4 is 5.32 Å². The number of rotatable bonds is 5. The van der Waals surface area contributed by atoms with Crippen LogP contribution in [-0.2, 0) is 6.42 Å². The minimum Gasteiger partial charge on any atom is -0.314 e. The summed E-state index contributed by atoms with van der Waals surface area (Å²) in [6.07, 6.45) is 1.16. The van der Waals surface area contributed by atoms with Gasteiger partial charge in [-0.3, -0.25) is 0 Å². The van der Waals surface area contributed by atoms with E-state index in [1.165, 1.54) is 11.1 Å². The van der Waals surface area contributed by atoms with Gasteiger partial charge in [0.05, 0.1) is 0 Å². The zero-order chi connectivity index (χ0) is 13.8. The van der Waals surface area contributed by atoms with E-state index in [0.29, 0.717) is 17.4 Å². The van der Waals surface area contributed by atoms with Crippen LogP contribution in [0.2, 0.25) is 0 Å². The first kappa shape index (κ1) is 15.2. The van der Waals surface area contributed by atoms with Crippen molar-refractivity contribution in [3.63, 3.8) is 0 Å². The molecule has 1 aromatic carbocycles. The van der Waals surface area contributed by atoms with Crippen LogP contribution in [0, 0.1) is 18.3 Å². The fourth-order valence-electron chi connectivity index (χ4n) is 2.19. The Morgan fingerprint density at radius 2 is 1.83 bits per heavy atom. The second kappa shape index (κ2) is 6.38. The van der Waals surface area contributed by atoms with Crippen molar-refractivity contribution in [3.8, 4) is 0 Å². The van der Waals surface area contributed by atoms with Crippen LogP contribution in [0.1, 0.15) is 45.7 Å². The van der Waals surface area contributed by atoms with Crippen molar-refractivity contribution < 1.29 is 0 Å². The summed E-state index contributed by atoms with van der Waals surface area (Å²) < 4.78 is 0. The molecule has 0 bridgehead atoms. The van der Waals surface area contributed by atoms with Crippen molar-refractivity contribution in [2.45, 2.75) is 54.0 Å². The number of aryl methyl sites for hydroxylation is 1. The Morgan fingerprint density at radius 1 is 1.17 bits per heavy atom. The molecule has 0 saturated carbocycles. The van der Waals surface area contributed by atoms with E-state index >= 15 is 0 Å². The van der Waals surface area contributed by atoms with Crippen molar-refractivity contribution in [1.82, 2.24) is 5.32 Å². The van der Waals surface area contributed by atoms with E-state index in [4.69, 9.17) is 0 Å². The summed E-state index contributed by atoms with van der Waals surface area (Å²) in [6, 6.07) is 9.46. The van der Waals surface area contributed by atoms with E-state index in [2.05, 4.69) is 71.1 Å². The molecule has 0 aliphatic heterocycles. The van der Waals surface area contributed by atoms with Gasteiger partial charge < -0.3 is 5.32 Å². The van der Waals surface area contributed by atoms with Gasteiger partial charge in [-0.15, -0.1) is 0 Å². The third-order valence-corrected chi connectivity index (χ3v) is 3.56. The lowest BCUT2D eigenvalue weighted by Gasteiger charge is -2.32. The van der Waals surface area contributed by atoms with Gasteiger partial charge in [0.25, 0.3) is 0 Å². The predicted molar refractivity (Wildman–Crippen MR) is 81.0 cm³/mol. The second-order valence-electron chi connectivity index (χ2n) is 6.82. The van der Waals surface area contributed by atoms with E-state index in [1.807, 2.05) is 0 Å². The molecule has 0 saturated heterocycles. The summed E-state index contributed by atoms with van der Waals surface area (Å²) in [5.41, 5.74) is 3.16. The molecule has 1 atom stereocenters. The summed E-state index contributed by atoms with van der Waals surface area (Å²) >= 11 is 0. The van der Waals surface area contributed by atoms with Gasteiger partial charge in [-0.1, -0.05) is 64.4 Å². The van der Waals surface area contributed by atoms with Gasteiger partial charge in [0.15, 0.2) is 0 Å². The first-order valence-electron chi connectivity index (χ1n) is 7.08. The summed E-state index contributed by atoms with van der Waals surface area (Å²) in [5.74, 6) is 0.668. The zero-order valence-electron chi connectivity index (χ0n) is 12.9. The fourth-order valence-corrected chi connectivity index (χ4v) is 2.19. The molecule has 0 radical (unpaired) electrons. The highest BCUT2D eigenvalue weighted by atomic mass is 14.9. The lowest BCUT2D eigenvalue weighted by atomic mass is 9.77. The molecule has 1 aromatic rings. The van der Waals surface area contributed by atoms with Gasteiger partial charge in [-0.05, 0) is 36.8 Å². The van der Waals surface area contributed by atoms with Gasteiger partial charge in [0.2, 0.25) is 0 Å². The van der Waals surface area contributed by atoms with Crippen LogP contribution >= 0.6 is 0 Å². The molecule has 1 nitrogen and oxygen atoms in total. The lowest BCUT2D eigenvalue weighted by Crippen LogP contribution is -2.36. The van der Waals surface area contributed by atoms with Gasteiger partial charge in [-0.2, -0.15) is 0 Å². The van der Waals surface area contributed by atoms with E-state index in [1.54, 1.807) is 0 Å². The Morgan fingerprint density at radius 3 is 2.33 bits per heavy atom. The molecule has 0 aromatic heterocycles. The van der Waals surface area contributed by atoms with Gasteiger partial charge >= 0.3 is 0 Å². The monoisotopic (exact) mass is 247 g/mol. The third-order valence-electron chi connectivity index (χ3n) is 3.56.